The van der Waals surface area contributed by atoms with Gasteiger partial charge in [0.2, 0.25) is 0 Å². The van der Waals surface area contributed by atoms with Crippen LogP contribution in [-0.2, 0) is 44.6 Å². The van der Waals surface area contributed by atoms with Gasteiger partial charge in [-0.15, -0.1) is 0 Å². The normalized spacial score (nSPS) is 31.0. The quantitative estimate of drug-likeness (QED) is 0.251. The van der Waals surface area contributed by atoms with Crippen molar-refractivity contribution in [3.8, 4) is 5.75 Å². The van der Waals surface area contributed by atoms with Crippen molar-refractivity contribution in [3.05, 3.63) is 88.8 Å². The van der Waals surface area contributed by atoms with Gasteiger partial charge in [-0.1, -0.05) is 42.8 Å². The molecule has 1 fully saturated rings. The Hall–Kier alpha value is -3.76. The molecule has 9 nitrogen and oxygen atoms in total. The molecule has 2 bridgehead atoms. The van der Waals surface area contributed by atoms with Gasteiger partial charge in [0.15, 0.2) is 0 Å². The number of hydrogen-bond donors (Lipinski definition) is 0. The number of rotatable bonds is 6. The van der Waals surface area contributed by atoms with E-state index < -0.39 is 20.9 Å². The summed E-state index contributed by atoms with van der Waals surface area (Å²) < 4.78 is 34.0. The molecule has 3 aromatic rings. The van der Waals surface area contributed by atoms with Gasteiger partial charge in [-0.3, -0.25) is 14.3 Å². The standard InChI is InChI=1S/C42H54N4O5S/c1-28-11-17-37-31(22-28)9-7-20-42(37)26-46-24-33-12-16-36(33)39(50-5)10-6-8-29(2)30(3)52(49,25-35(47)15-14-34-19-21-43-45(34)4)44-41(48)32-13-18-40(51-27-42)38(46)23-32/h6,10-11,13,17-19,21-23,29-30,33,36,39H,7-9,12,14-16,20,24-27H2,1-5H3/b10-6+/t29-,30+,33-,36+,39-,42-,52-/m0/s1. The molecule has 2 aliphatic carbocycles. The number of nitrogens with zero attached hydrogens (tertiary/aromatic N) is 4. The van der Waals surface area contributed by atoms with Gasteiger partial charge in [-0.2, -0.15) is 9.46 Å². The van der Waals surface area contributed by atoms with E-state index in [1.807, 2.05) is 39.1 Å². The SMILES string of the molecule is CO[C@H]1/C=C/C[C@H](C)[C@@H](C)[S@@](=O)(CC(=O)CCc2ccnn2C)=NC(=O)c2ccc3c(c2)N(C[C@@H]2CC[C@H]21)C[C@@]1(CCCc2cc(C)ccc21)CO3. The highest BCUT2D eigenvalue weighted by atomic mass is 32.2. The number of aryl methyl sites for hydroxylation is 4. The van der Waals surface area contributed by atoms with Crippen molar-refractivity contribution in [2.24, 2.45) is 29.2 Å². The minimum atomic E-state index is -3.28. The highest BCUT2D eigenvalue weighted by molar-refractivity contribution is 7.95. The lowest BCUT2D eigenvalue weighted by Crippen LogP contribution is -2.49. The summed E-state index contributed by atoms with van der Waals surface area (Å²) in [5, 5.41) is 3.70. The van der Waals surface area contributed by atoms with Crippen LogP contribution in [-0.4, -0.2) is 69.6 Å². The number of carbonyl (C=O) groups excluding carboxylic acids is 2. The molecular weight excluding hydrogens is 673 g/mol. The third-order valence-corrected chi connectivity index (χ3v) is 15.3. The Kier molecular flexibility index (Phi) is 10.5. The Morgan fingerprint density at radius 2 is 1.98 bits per heavy atom. The van der Waals surface area contributed by atoms with E-state index in [0.717, 1.165) is 62.3 Å². The van der Waals surface area contributed by atoms with E-state index >= 15 is 0 Å². The molecular formula is C42H54N4O5S. The van der Waals surface area contributed by atoms with Crippen molar-refractivity contribution in [3.63, 3.8) is 0 Å². The number of fused-ring (bicyclic) bond motifs is 4. The Balaban J connectivity index is 1.28. The first kappa shape index (κ1) is 36.6. The maximum absolute atomic E-state index is 14.9. The molecule has 3 heterocycles. The zero-order valence-corrected chi connectivity index (χ0v) is 32.2. The van der Waals surface area contributed by atoms with E-state index in [2.05, 4.69) is 51.6 Å². The number of benzene rings is 2. The van der Waals surface area contributed by atoms with Crippen LogP contribution in [0.5, 0.6) is 5.75 Å². The van der Waals surface area contributed by atoms with Crippen molar-refractivity contribution in [1.82, 2.24) is 9.78 Å². The molecule has 1 spiro atoms. The van der Waals surface area contributed by atoms with E-state index in [-0.39, 0.29) is 35.4 Å². The van der Waals surface area contributed by atoms with Crippen LogP contribution in [0.2, 0.25) is 0 Å². The van der Waals surface area contributed by atoms with Crippen LogP contribution in [0.15, 0.2) is 65.2 Å². The maximum atomic E-state index is 14.9. The van der Waals surface area contributed by atoms with Crippen LogP contribution < -0.4 is 9.64 Å². The van der Waals surface area contributed by atoms with Crippen LogP contribution in [0.25, 0.3) is 0 Å². The number of allylic oxidation sites excluding steroid dienone is 1. The maximum Gasteiger partial charge on any atom is 0.285 e. The Labute approximate surface area is 309 Å². The summed E-state index contributed by atoms with van der Waals surface area (Å²) in [4.78, 5) is 30.1. The first-order chi connectivity index (χ1) is 25.0. The fourth-order valence-electron chi connectivity index (χ4n) is 8.98. The van der Waals surface area contributed by atoms with Gasteiger partial charge in [-0.05, 0) is 112 Å². The highest BCUT2D eigenvalue weighted by Crippen LogP contribution is 2.47. The molecule has 0 radical (unpaired) electrons. The molecule has 0 saturated heterocycles. The first-order valence-electron chi connectivity index (χ1n) is 19.1. The number of anilines is 1. The van der Waals surface area contributed by atoms with Gasteiger partial charge in [-0.25, -0.2) is 4.21 Å². The average Bonchev–Trinajstić information content (AvgIpc) is 3.46. The van der Waals surface area contributed by atoms with Crippen molar-refractivity contribution in [2.75, 3.05) is 37.5 Å². The van der Waals surface area contributed by atoms with Gasteiger partial charge in [0.05, 0.1) is 33.9 Å². The number of amides is 1. The molecule has 7 atom stereocenters. The minimum absolute atomic E-state index is 0.0280. The van der Waals surface area contributed by atoms with Crippen LogP contribution in [0.3, 0.4) is 0 Å². The molecule has 7 rings (SSSR count). The zero-order chi connectivity index (χ0) is 36.6. The fourth-order valence-corrected chi connectivity index (χ4v) is 11.3. The summed E-state index contributed by atoms with van der Waals surface area (Å²) >= 11 is 0. The molecule has 1 amide bonds. The Bertz CT molecular complexity index is 1980. The number of aromatic nitrogens is 2. The van der Waals surface area contributed by atoms with Crippen LogP contribution >= 0.6 is 0 Å². The van der Waals surface area contributed by atoms with E-state index in [9.17, 15) is 13.8 Å². The number of methoxy groups -OCH3 is 1. The molecule has 278 valence electrons. The minimum Gasteiger partial charge on any atom is -0.490 e. The largest absolute Gasteiger partial charge is 0.490 e. The van der Waals surface area contributed by atoms with Gasteiger partial charge in [0.25, 0.3) is 5.91 Å². The fraction of sp³-hybridized carbons (Fsp3) is 0.548. The lowest BCUT2D eigenvalue weighted by molar-refractivity contribution is -0.116. The molecule has 2 aliphatic heterocycles. The number of hydrogen-bond acceptors (Lipinski definition) is 7. The highest BCUT2D eigenvalue weighted by Gasteiger charge is 2.44. The molecule has 1 saturated carbocycles. The molecule has 52 heavy (non-hydrogen) atoms. The van der Waals surface area contributed by atoms with Crippen molar-refractivity contribution >= 4 is 27.1 Å². The summed E-state index contributed by atoms with van der Waals surface area (Å²) in [5.41, 5.74) is 6.03. The van der Waals surface area contributed by atoms with E-state index in [4.69, 9.17) is 9.47 Å². The molecule has 0 N–H and O–H groups in total. The number of carbonyl (C=O) groups is 2. The van der Waals surface area contributed by atoms with Crippen molar-refractivity contribution < 1.29 is 23.3 Å². The number of ether oxygens (including phenoxy) is 2. The van der Waals surface area contributed by atoms with Crippen LogP contribution in [0.1, 0.15) is 85.1 Å². The number of Topliss-reactive ketones (excluding diaryl/α,β-unsaturated/α-hetero) is 1. The summed E-state index contributed by atoms with van der Waals surface area (Å²) in [6.07, 6.45) is 12.7. The van der Waals surface area contributed by atoms with Crippen molar-refractivity contribution in [1.29, 1.82) is 0 Å². The number of ketones is 1. The van der Waals surface area contributed by atoms with Crippen LogP contribution in [0.4, 0.5) is 5.69 Å². The summed E-state index contributed by atoms with van der Waals surface area (Å²) in [5.74, 6) is 0.473. The van der Waals surface area contributed by atoms with Crippen molar-refractivity contribution in [2.45, 2.75) is 88.9 Å². The first-order valence-corrected chi connectivity index (χ1v) is 20.8. The summed E-state index contributed by atoms with van der Waals surface area (Å²) in [7, 11) is 0.355. The van der Waals surface area contributed by atoms with Gasteiger partial charge in [0, 0.05) is 61.8 Å². The second kappa shape index (κ2) is 14.9. The molecule has 0 unspecified atom stereocenters. The zero-order valence-electron chi connectivity index (χ0n) is 31.4. The van der Waals surface area contributed by atoms with Gasteiger partial charge >= 0.3 is 0 Å². The summed E-state index contributed by atoms with van der Waals surface area (Å²) in [6.45, 7) is 8.22. The third-order valence-electron chi connectivity index (χ3n) is 12.5. The predicted molar refractivity (Wildman–Crippen MR) is 206 cm³/mol. The lowest BCUT2D eigenvalue weighted by atomic mass is 9.68. The second-order valence-corrected chi connectivity index (χ2v) is 18.5. The smallest absolute Gasteiger partial charge is 0.285 e. The molecule has 4 aliphatic rings. The lowest BCUT2D eigenvalue weighted by Gasteiger charge is -2.46. The third kappa shape index (κ3) is 7.25. The molecule has 1 aromatic heterocycles. The molecule has 10 heteroatoms. The summed E-state index contributed by atoms with van der Waals surface area (Å²) in [6, 6.07) is 14.3. The van der Waals surface area contributed by atoms with Gasteiger partial charge < -0.3 is 14.4 Å². The van der Waals surface area contributed by atoms with E-state index in [1.54, 1.807) is 24.1 Å². The topological polar surface area (TPSA) is 103 Å². The Morgan fingerprint density at radius 3 is 2.73 bits per heavy atom. The second-order valence-electron chi connectivity index (χ2n) is 15.9. The van der Waals surface area contributed by atoms with Crippen LogP contribution in [0, 0.1) is 24.7 Å². The van der Waals surface area contributed by atoms with Gasteiger partial charge in [0.1, 0.15) is 11.5 Å². The monoisotopic (exact) mass is 726 g/mol. The van der Waals surface area contributed by atoms with E-state index in [1.165, 1.54) is 16.7 Å². The average molecular weight is 727 g/mol. The Morgan fingerprint density at radius 1 is 1.13 bits per heavy atom. The molecule has 2 aromatic carbocycles. The predicted octanol–water partition coefficient (Wildman–Crippen LogP) is 7.04. The van der Waals surface area contributed by atoms with E-state index in [0.29, 0.717) is 36.8 Å².